The fourth-order valence-electron chi connectivity index (χ4n) is 1.47. The Hall–Kier alpha value is -0.790. The van der Waals surface area contributed by atoms with Gasteiger partial charge in [-0.1, -0.05) is 19.1 Å². The maximum absolute atomic E-state index is 10.5. The topological polar surface area (TPSA) is 37.3 Å². The highest BCUT2D eigenvalue weighted by Gasteiger charge is 2.18. The van der Waals surface area contributed by atoms with Gasteiger partial charge in [-0.25, -0.2) is 0 Å². The molecular formula is C9H14O2. The number of carboxylic acids is 1. The minimum Gasteiger partial charge on any atom is -0.481 e. The Morgan fingerprint density at radius 3 is 2.64 bits per heavy atom. The molecule has 0 amide bonds. The molecule has 0 aliphatic heterocycles. The van der Waals surface area contributed by atoms with E-state index in [1.807, 2.05) is 0 Å². The van der Waals surface area contributed by atoms with Crippen molar-refractivity contribution < 1.29 is 9.90 Å². The number of hydrogen-bond acceptors (Lipinski definition) is 1. The van der Waals surface area contributed by atoms with E-state index in [0.717, 1.165) is 19.3 Å². The SMILES string of the molecule is C[C@@H](CC1CC=CC1)C(=O)O. The van der Waals surface area contributed by atoms with Gasteiger partial charge >= 0.3 is 5.97 Å². The Kier molecular flexibility index (Phi) is 2.69. The monoisotopic (exact) mass is 154 g/mol. The van der Waals surface area contributed by atoms with Crippen molar-refractivity contribution in [1.82, 2.24) is 0 Å². The van der Waals surface area contributed by atoms with Crippen molar-refractivity contribution in [1.29, 1.82) is 0 Å². The highest BCUT2D eigenvalue weighted by atomic mass is 16.4. The molecule has 1 aliphatic rings. The van der Waals surface area contributed by atoms with Crippen LogP contribution in [-0.2, 0) is 4.79 Å². The Morgan fingerprint density at radius 2 is 2.18 bits per heavy atom. The molecule has 0 fully saturated rings. The largest absolute Gasteiger partial charge is 0.481 e. The van der Waals surface area contributed by atoms with Gasteiger partial charge in [-0.15, -0.1) is 0 Å². The molecule has 0 bridgehead atoms. The van der Waals surface area contributed by atoms with Gasteiger partial charge in [0.25, 0.3) is 0 Å². The van der Waals surface area contributed by atoms with Crippen molar-refractivity contribution in [3.05, 3.63) is 12.2 Å². The van der Waals surface area contributed by atoms with Gasteiger partial charge in [0.15, 0.2) is 0 Å². The van der Waals surface area contributed by atoms with E-state index in [0.29, 0.717) is 5.92 Å². The molecule has 0 radical (unpaired) electrons. The van der Waals surface area contributed by atoms with Crippen LogP contribution >= 0.6 is 0 Å². The van der Waals surface area contributed by atoms with Gasteiger partial charge in [0.05, 0.1) is 5.92 Å². The van der Waals surface area contributed by atoms with Crippen molar-refractivity contribution in [2.45, 2.75) is 26.2 Å². The summed E-state index contributed by atoms with van der Waals surface area (Å²) in [4.78, 5) is 10.5. The maximum atomic E-state index is 10.5. The third-order valence-corrected chi connectivity index (χ3v) is 2.21. The van der Waals surface area contributed by atoms with Crippen LogP contribution in [0, 0.1) is 11.8 Å². The van der Waals surface area contributed by atoms with Crippen LogP contribution in [0.2, 0.25) is 0 Å². The highest BCUT2D eigenvalue weighted by molar-refractivity contribution is 5.69. The second-order valence-electron chi connectivity index (χ2n) is 3.28. The predicted molar refractivity (Wildman–Crippen MR) is 43.3 cm³/mol. The Bertz CT molecular complexity index is 164. The number of rotatable bonds is 3. The molecule has 1 rings (SSSR count). The molecule has 2 heteroatoms. The van der Waals surface area contributed by atoms with Crippen LogP contribution in [-0.4, -0.2) is 11.1 Å². The van der Waals surface area contributed by atoms with Crippen LogP contribution in [0.3, 0.4) is 0 Å². The van der Waals surface area contributed by atoms with Crippen LogP contribution in [0.25, 0.3) is 0 Å². The molecule has 11 heavy (non-hydrogen) atoms. The van der Waals surface area contributed by atoms with E-state index < -0.39 is 5.97 Å². The second kappa shape index (κ2) is 3.56. The average Bonchev–Trinajstić information content (AvgIpc) is 2.39. The zero-order valence-electron chi connectivity index (χ0n) is 6.79. The molecule has 0 aromatic carbocycles. The summed E-state index contributed by atoms with van der Waals surface area (Å²) in [6, 6.07) is 0. The third-order valence-electron chi connectivity index (χ3n) is 2.21. The van der Waals surface area contributed by atoms with E-state index in [4.69, 9.17) is 5.11 Å². The summed E-state index contributed by atoms with van der Waals surface area (Å²) in [5, 5.41) is 8.62. The van der Waals surface area contributed by atoms with Gasteiger partial charge in [0.1, 0.15) is 0 Å². The van der Waals surface area contributed by atoms with Gasteiger partial charge in [0.2, 0.25) is 0 Å². The van der Waals surface area contributed by atoms with Gasteiger partial charge in [-0.3, -0.25) is 4.79 Å². The molecule has 0 aromatic heterocycles. The molecule has 0 saturated heterocycles. The number of carbonyl (C=O) groups is 1. The lowest BCUT2D eigenvalue weighted by Gasteiger charge is -2.11. The van der Waals surface area contributed by atoms with Crippen LogP contribution < -0.4 is 0 Å². The number of hydrogen-bond donors (Lipinski definition) is 1. The average molecular weight is 154 g/mol. The second-order valence-corrected chi connectivity index (χ2v) is 3.28. The molecule has 62 valence electrons. The summed E-state index contributed by atoms with van der Waals surface area (Å²) < 4.78 is 0. The Morgan fingerprint density at radius 1 is 1.64 bits per heavy atom. The summed E-state index contributed by atoms with van der Waals surface area (Å²) >= 11 is 0. The van der Waals surface area contributed by atoms with Crippen LogP contribution in [0.15, 0.2) is 12.2 Å². The molecule has 0 unspecified atom stereocenters. The normalized spacial score (nSPS) is 20.5. The fourth-order valence-corrected chi connectivity index (χ4v) is 1.47. The number of carboxylic acid groups (broad SMARTS) is 1. The first kappa shape index (κ1) is 8.31. The van der Waals surface area contributed by atoms with Crippen LogP contribution in [0.1, 0.15) is 26.2 Å². The Labute approximate surface area is 66.9 Å². The van der Waals surface area contributed by atoms with E-state index in [2.05, 4.69) is 12.2 Å². The first-order valence-corrected chi connectivity index (χ1v) is 4.08. The van der Waals surface area contributed by atoms with Gasteiger partial charge in [-0.05, 0) is 25.2 Å². The van der Waals surface area contributed by atoms with E-state index in [-0.39, 0.29) is 5.92 Å². The molecule has 0 spiro atoms. The van der Waals surface area contributed by atoms with E-state index in [1.165, 1.54) is 0 Å². The molecule has 0 saturated carbocycles. The van der Waals surface area contributed by atoms with Crippen LogP contribution in [0.5, 0.6) is 0 Å². The lowest BCUT2D eigenvalue weighted by Crippen LogP contribution is -2.13. The molecule has 0 aromatic rings. The third kappa shape index (κ3) is 2.37. The molecule has 2 nitrogen and oxygen atoms in total. The lowest BCUT2D eigenvalue weighted by molar-refractivity contribution is -0.141. The first-order valence-electron chi connectivity index (χ1n) is 4.08. The summed E-state index contributed by atoms with van der Waals surface area (Å²) in [5.41, 5.74) is 0. The van der Waals surface area contributed by atoms with Crippen molar-refractivity contribution in [2.24, 2.45) is 11.8 Å². The van der Waals surface area contributed by atoms with Gasteiger partial charge in [-0.2, -0.15) is 0 Å². The zero-order valence-corrected chi connectivity index (χ0v) is 6.79. The van der Waals surface area contributed by atoms with Gasteiger partial charge in [0, 0.05) is 0 Å². The predicted octanol–water partition coefficient (Wildman–Crippen LogP) is 2.06. The molecular weight excluding hydrogens is 140 g/mol. The minimum absolute atomic E-state index is 0.181. The Balaban J connectivity index is 2.25. The minimum atomic E-state index is -0.670. The summed E-state index contributed by atoms with van der Waals surface area (Å²) in [6.07, 6.45) is 7.23. The lowest BCUT2D eigenvalue weighted by atomic mass is 9.94. The summed E-state index contributed by atoms with van der Waals surface area (Å²) in [6.45, 7) is 1.78. The standard InChI is InChI=1S/C9H14O2/c1-7(9(10)11)6-8-4-2-3-5-8/h2-3,7-8H,4-6H2,1H3,(H,10,11)/t7-/m0/s1. The quantitative estimate of drug-likeness (QED) is 0.632. The van der Waals surface area contributed by atoms with Gasteiger partial charge < -0.3 is 5.11 Å². The number of allylic oxidation sites excluding steroid dienone is 2. The van der Waals surface area contributed by atoms with E-state index >= 15 is 0 Å². The van der Waals surface area contributed by atoms with Crippen molar-refractivity contribution in [2.75, 3.05) is 0 Å². The van der Waals surface area contributed by atoms with E-state index in [1.54, 1.807) is 6.92 Å². The van der Waals surface area contributed by atoms with E-state index in [9.17, 15) is 4.79 Å². The molecule has 0 heterocycles. The highest BCUT2D eigenvalue weighted by Crippen LogP contribution is 2.24. The van der Waals surface area contributed by atoms with Crippen molar-refractivity contribution >= 4 is 5.97 Å². The smallest absolute Gasteiger partial charge is 0.306 e. The van der Waals surface area contributed by atoms with Crippen molar-refractivity contribution in [3.8, 4) is 0 Å². The summed E-state index contributed by atoms with van der Waals surface area (Å²) in [7, 11) is 0. The maximum Gasteiger partial charge on any atom is 0.306 e. The molecule has 1 atom stereocenters. The number of aliphatic carboxylic acids is 1. The zero-order chi connectivity index (χ0) is 8.27. The summed E-state index contributed by atoms with van der Waals surface area (Å²) in [5.74, 6) is -0.266. The molecule has 1 aliphatic carbocycles. The first-order chi connectivity index (χ1) is 5.20. The fraction of sp³-hybridized carbons (Fsp3) is 0.667. The van der Waals surface area contributed by atoms with Crippen LogP contribution in [0.4, 0.5) is 0 Å². The molecule has 1 N–H and O–H groups in total. The van der Waals surface area contributed by atoms with Crippen molar-refractivity contribution in [3.63, 3.8) is 0 Å².